The van der Waals surface area contributed by atoms with Gasteiger partial charge in [-0.3, -0.25) is 9.59 Å². The Hall–Kier alpha value is -1.92. The Morgan fingerprint density at radius 1 is 0.420 bits per heavy atom. The molecule has 0 aliphatic rings. The molecule has 69 heavy (non-hydrogen) atoms. The van der Waals surface area contributed by atoms with Crippen molar-refractivity contribution in [3.05, 3.63) is 36.5 Å². The first-order chi connectivity index (χ1) is 34.0. The van der Waals surface area contributed by atoms with Gasteiger partial charge in [0.1, 0.15) is 6.10 Å². The summed E-state index contributed by atoms with van der Waals surface area (Å²) in [6.45, 7) is 6.51. The van der Waals surface area contributed by atoms with E-state index in [9.17, 15) is 19.8 Å². The molecule has 0 aromatic carbocycles. The number of nitrogens with one attached hydrogen (secondary N) is 1. The van der Waals surface area contributed by atoms with E-state index in [0.29, 0.717) is 19.3 Å². The van der Waals surface area contributed by atoms with E-state index in [4.69, 9.17) is 4.74 Å². The number of carbonyl (C=O) groups is 2. The number of esters is 1. The maximum Gasteiger partial charge on any atom is 0.306 e. The van der Waals surface area contributed by atoms with Crippen LogP contribution in [0.5, 0.6) is 0 Å². The molecule has 0 fully saturated rings. The van der Waals surface area contributed by atoms with Gasteiger partial charge in [-0.15, -0.1) is 0 Å². The second kappa shape index (κ2) is 57.0. The molecule has 6 nitrogen and oxygen atoms in total. The maximum atomic E-state index is 13.3. The highest BCUT2D eigenvalue weighted by molar-refractivity contribution is 5.77. The van der Waals surface area contributed by atoms with Gasteiger partial charge in [0.15, 0.2) is 0 Å². The van der Waals surface area contributed by atoms with Crippen LogP contribution in [0.1, 0.15) is 329 Å². The van der Waals surface area contributed by atoms with E-state index in [2.05, 4.69) is 62.5 Å². The van der Waals surface area contributed by atoms with Crippen LogP contribution in [0, 0.1) is 0 Å². The van der Waals surface area contributed by atoms with Crippen LogP contribution in [-0.4, -0.2) is 46.9 Å². The Morgan fingerprint density at radius 2 is 0.739 bits per heavy atom. The lowest BCUT2D eigenvalue weighted by atomic mass is 10.0. The predicted molar refractivity (Wildman–Crippen MR) is 301 cm³/mol. The number of carbonyl (C=O) groups excluding carboxylic acids is 2. The molecular weight excluding hydrogens is 851 g/mol. The zero-order chi connectivity index (χ0) is 50.2. The van der Waals surface area contributed by atoms with E-state index in [-0.39, 0.29) is 24.9 Å². The molecule has 0 saturated heterocycles. The number of aliphatic hydroxyl groups excluding tert-OH is 2. The summed E-state index contributed by atoms with van der Waals surface area (Å²) in [5, 5.41) is 23.9. The minimum Gasteiger partial charge on any atom is -0.462 e. The fourth-order valence-electron chi connectivity index (χ4n) is 9.61. The van der Waals surface area contributed by atoms with Crippen LogP contribution in [-0.2, 0) is 14.3 Å². The molecule has 0 radical (unpaired) electrons. The van der Waals surface area contributed by atoms with Gasteiger partial charge in [-0.2, -0.15) is 0 Å². The van der Waals surface area contributed by atoms with Gasteiger partial charge in [-0.1, -0.05) is 301 Å². The lowest BCUT2D eigenvalue weighted by molar-refractivity contribution is -0.151. The lowest BCUT2D eigenvalue weighted by Gasteiger charge is -2.24. The van der Waals surface area contributed by atoms with E-state index < -0.39 is 18.2 Å². The third-order valence-corrected chi connectivity index (χ3v) is 14.3. The largest absolute Gasteiger partial charge is 0.462 e. The molecule has 0 rings (SSSR count). The van der Waals surface area contributed by atoms with Gasteiger partial charge in [0.2, 0.25) is 5.91 Å². The molecule has 406 valence electrons. The minimum absolute atomic E-state index is 0.0596. The van der Waals surface area contributed by atoms with Gasteiger partial charge in [0.25, 0.3) is 0 Å². The average Bonchev–Trinajstić information content (AvgIpc) is 3.34. The van der Waals surface area contributed by atoms with E-state index in [1.165, 1.54) is 212 Å². The summed E-state index contributed by atoms with van der Waals surface area (Å²) < 4.78 is 5.96. The Morgan fingerprint density at radius 3 is 1.12 bits per heavy atom. The van der Waals surface area contributed by atoms with Crippen LogP contribution >= 0.6 is 0 Å². The molecule has 0 saturated carbocycles. The number of aliphatic hydroxyl groups is 2. The SMILES string of the molecule is CCCCCCC/C=C/C=C/C=C/CCCCCC(CC(=O)NC(CO)C(O)CCCCCCCCCCCCCCCCC)OC(=O)CCCCCCCCCCCCCCCCCCCCC. The summed E-state index contributed by atoms with van der Waals surface area (Å²) in [7, 11) is 0. The predicted octanol–water partition coefficient (Wildman–Crippen LogP) is 19.2. The van der Waals surface area contributed by atoms with Gasteiger partial charge in [0.05, 0.1) is 25.2 Å². The highest BCUT2D eigenvalue weighted by Crippen LogP contribution is 2.19. The monoisotopic (exact) mass is 970 g/mol. The molecule has 0 heterocycles. The van der Waals surface area contributed by atoms with Crippen molar-refractivity contribution in [2.24, 2.45) is 0 Å². The van der Waals surface area contributed by atoms with Gasteiger partial charge >= 0.3 is 5.97 Å². The lowest BCUT2D eigenvalue weighted by Crippen LogP contribution is -2.46. The first-order valence-corrected chi connectivity index (χ1v) is 30.7. The van der Waals surface area contributed by atoms with E-state index in [0.717, 1.165) is 70.6 Å². The van der Waals surface area contributed by atoms with Crippen LogP contribution in [0.15, 0.2) is 36.5 Å². The zero-order valence-electron chi connectivity index (χ0n) is 46.5. The number of ether oxygens (including phenoxy) is 1. The quantitative estimate of drug-likeness (QED) is 0.0321. The van der Waals surface area contributed by atoms with Crippen molar-refractivity contribution in [1.29, 1.82) is 0 Å². The summed E-state index contributed by atoms with van der Waals surface area (Å²) in [5.41, 5.74) is 0. The number of hydrogen-bond acceptors (Lipinski definition) is 5. The van der Waals surface area contributed by atoms with Crippen LogP contribution in [0.3, 0.4) is 0 Å². The maximum absolute atomic E-state index is 13.3. The molecule has 6 heteroatoms. The Balaban J connectivity index is 4.55. The number of rotatable bonds is 56. The molecule has 3 N–H and O–H groups in total. The van der Waals surface area contributed by atoms with Crippen molar-refractivity contribution >= 4 is 11.9 Å². The van der Waals surface area contributed by atoms with Gasteiger partial charge < -0.3 is 20.3 Å². The summed E-state index contributed by atoms with van der Waals surface area (Å²) in [5.74, 6) is -0.488. The van der Waals surface area contributed by atoms with E-state index in [1.807, 2.05) is 0 Å². The fourth-order valence-corrected chi connectivity index (χ4v) is 9.61. The summed E-state index contributed by atoms with van der Waals surface area (Å²) in [6, 6.07) is -0.711. The Bertz CT molecular complexity index is 1130. The molecule has 0 aliphatic heterocycles. The first-order valence-electron chi connectivity index (χ1n) is 30.7. The molecule has 0 aliphatic carbocycles. The van der Waals surface area contributed by atoms with Crippen LogP contribution in [0.25, 0.3) is 0 Å². The number of hydrogen-bond donors (Lipinski definition) is 3. The molecule has 0 spiro atoms. The third kappa shape index (κ3) is 52.2. The summed E-state index contributed by atoms with van der Waals surface area (Å²) in [6.07, 6.45) is 69.3. The highest BCUT2D eigenvalue weighted by Gasteiger charge is 2.24. The molecule has 3 unspecified atom stereocenters. The summed E-state index contributed by atoms with van der Waals surface area (Å²) in [4.78, 5) is 26.3. The van der Waals surface area contributed by atoms with Gasteiger partial charge in [0, 0.05) is 6.42 Å². The standard InChI is InChI=1S/C63H119NO5/c1-4-7-10-13-16-19-22-25-28-30-31-32-35-38-41-44-47-50-53-56-63(68)69-59(54-51-48-45-42-39-36-34-29-26-23-20-17-14-11-8-5-2)57-62(67)64-60(58-65)61(66)55-52-49-46-43-40-37-33-27-24-21-18-15-12-9-6-3/h23,26,29,34,36,39,59-61,65-66H,4-22,24-25,27-28,30-33,35,37-38,40-58H2,1-3H3,(H,64,67)/b26-23+,34-29+,39-36+. The molecular formula is C63H119NO5. The highest BCUT2D eigenvalue weighted by atomic mass is 16.5. The fraction of sp³-hybridized carbons (Fsp3) is 0.873. The normalized spacial score (nSPS) is 13.3. The minimum atomic E-state index is -0.796. The number of amides is 1. The number of allylic oxidation sites excluding steroid dienone is 6. The smallest absolute Gasteiger partial charge is 0.306 e. The van der Waals surface area contributed by atoms with Crippen LogP contribution < -0.4 is 5.32 Å². The number of unbranched alkanes of at least 4 members (excludes halogenated alkanes) is 40. The van der Waals surface area contributed by atoms with Crippen molar-refractivity contribution in [2.45, 2.75) is 347 Å². The van der Waals surface area contributed by atoms with Crippen molar-refractivity contribution in [3.63, 3.8) is 0 Å². The van der Waals surface area contributed by atoms with Crippen LogP contribution in [0.4, 0.5) is 0 Å². The first kappa shape index (κ1) is 67.1. The van der Waals surface area contributed by atoms with E-state index >= 15 is 0 Å². The summed E-state index contributed by atoms with van der Waals surface area (Å²) >= 11 is 0. The second-order valence-electron chi connectivity index (χ2n) is 21.2. The zero-order valence-corrected chi connectivity index (χ0v) is 46.5. The van der Waals surface area contributed by atoms with Crippen molar-refractivity contribution in [1.82, 2.24) is 5.32 Å². The van der Waals surface area contributed by atoms with Crippen molar-refractivity contribution in [3.8, 4) is 0 Å². The average molecular weight is 971 g/mol. The Labute approximate surface area is 430 Å². The molecule has 1 amide bonds. The van der Waals surface area contributed by atoms with Crippen LogP contribution in [0.2, 0.25) is 0 Å². The van der Waals surface area contributed by atoms with Gasteiger partial charge in [-0.05, 0) is 51.4 Å². The molecule has 3 atom stereocenters. The topological polar surface area (TPSA) is 95.9 Å². The third-order valence-electron chi connectivity index (χ3n) is 14.3. The van der Waals surface area contributed by atoms with Crippen molar-refractivity contribution < 1.29 is 24.5 Å². The van der Waals surface area contributed by atoms with E-state index in [1.54, 1.807) is 0 Å². The molecule has 0 aromatic rings. The molecule has 0 aromatic heterocycles. The second-order valence-corrected chi connectivity index (χ2v) is 21.2. The van der Waals surface area contributed by atoms with Gasteiger partial charge in [-0.25, -0.2) is 0 Å². The Kier molecular flexibility index (Phi) is 55.4. The van der Waals surface area contributed by atoms with Crippen molar-refractivity contribution in [2.75, 3.05) is 6.61 Å². The molecule has 0 bridgehead atoms.